The third-order valence-electron chi connectivity index (χ3n) is 2.69. The van der Waals surface area contributed by atoms with E-state index in [1.165, 1.54) is 10.4 Å². The first-order valence-corrected chi connectivity index (χ1v) is 7.54. The lowest BCUT2D eigenvalue weighted by Gasteiger charge is -2.32. The van der Waals surface area contributed by atoms with E-state index in [2.05, 4.69) is 5.32 Å². The van der Waals surface area contributed by atoms with Gasteiger partial charge in [0.1, 0.15) is 15.2 Å². The third-order valence-corrected chi connectivity index (χ3v) is 6.17. The van der Waals surface area contributed by atoms with Gasteiger partial charge in [-0.2, -0.15) is 9.57 Å². The number of hydrogen-bond donors (Lipinski definition) is 1. The van der Waals surface area contributed by atoms with E-state index >= 15 is 0 Å². The van der Waals surface area contributed by atoms with Crippen molar-refractivity contribution in [1.29, 1.82) is 5.26 Å². The summed E-state index contributed by atoms with van der Waals surface area (Å²) in [6.45, 7) is 3.68. The first kappa shape index (κ1) is 12.5. The van der Waals surface area contributed by atoms with Gasteiger partial charge < -0.3 is 5.32 Å². The molecule has 1 N–H and O–H groups in total. The van der Waals surface area contributed by atoms with Crippen LogP contribution in [0.2, 0.25) is 0 Å². The number of piperazine rings is 1. The fraction of sp³-hybridized carbons (Fsp3) is 0.500. The van der Waals surface area contributed by atoms with Gasteiger partial charge in [-0.1, -0.05) is 0 Å². The van der Waals surface area contributed by atoms with Crippen molar-refractivity contribution in [3.63, 3.8) is 0 Å². The van der Waals surface area contributed by atoms with Gasteiger partial charge in [0.2, 0.25) is 0 Å². The molecule has 0 spiro atoms. The Balaban J connectivity index is 2.32. The highest BCUT2D eigenvalue weighted by atomic mass is 32.2. The van der Waals surface area contributed by atoms with Gasteiger partial charge >= 0.3 is 0 Å². The monoisotopic (exact) mass is 271 g/mol. The Hall–Kier alpha value is -0.940. The van der Waals surface area contributed by atoms with Crippen molar-refractivity contribution in [3.05, 3.63) is 17.0 Å². The van der Waals surface area contributed by atoms with Gasteiger partial charge in [-0.05, 0) is 19.1 Å². The van der Waals surface area contributed by atoms with Crippen molar-refractivity contribution in [1.82, 2.24) is 9.62 Å². The molecule has 0 aromatic carbocycles. The van der Waals surface area contributed by atoms with Crippen molar-refractivity contribution >= 4 is 21.4 Å². The minimum absolute atomic E-state index is 0.0543. The zero-order valence-electron chi connectivity index (χ0n) is 9.38. The molecule has 1 aliphatic rings. The lowest BCUT2D eigenvalue weighted by atomic mass is 10.3. The topological polar surface area (TPSA) is 73.2 Å². The average Bonchev–Trinajstić information content (AvgIpc) is 2.78. The van der Waals surface area contributed by atoms with Crippen LogP contribution in [0.3, 0.4) is 0 Å². The number of rotatable bonds is 2. The van der Waals surface area contributed by atoms with E-state index in [-0.39, 0.29) is 10.3 Å². The lowest BCUT2D eigenvalue weighted by molar-refractivity contribution is 0.284. The predicted molar refractivity (Wildman–Crippen MR) is 65.3 cm³/mol. The van der Waals surface area contributed by atoms with E-state index in [4.69, 9.17) is 5.26 Å². The van der Waals surface area contributed by atoms with Gasteiger partial charge in [0.25, 0.3) is 10.0 Å². The van der Waals surface area contributed by atoms with Gasteiger partial charge in [0.05, 0.1) is 0 Å². The Bertz CT molecular complexity index is 544. The summed E-state index contributed by atoms with van der Waals surface area (Å²) in [7, 11) is -3.44. The second-order valence-electron chi connectivity index (χ2n) is 3.90. The second kappa shape index (κ2) is 4.74. The molecule has 7 heteroatoms. The molecule has 92 valence electrons. The van der Waals surface area contributed by atoms with Crippen LogP contribution in [0.4, 0.5) is 0 Å². The molecule has 0 bridgehead atoms. The van der Waals surface area contributed by atoms with Gasteiger partial charge in [-0.15, -0.1) is 11.3 Å². The fourth-order valence-corrected chi connectivity index (χ4v) is 4.68. The molecule has 17 heavy (non-hydrogen) atoms. The highest BCUT2D eigenvalue weighted by Gasteiger charge is 2.31. The fourth-order valence-electron chi connectivity index (χ4n) is 1.81. The van der Waals surface area contributed by atoms with Crippen LogP contribution in [0.5, 0.6) is 0 Å². The molecular formula is C10H13N3O2S2. The van der Waals surface area contributed by atoms with E-state index < -0.39 is 10.0 Å². The predicted octanol–water partition coefficient (Wildman–Crippen LogP) is 0.602. The van der Waals surface area contributed by atoms with Crippen LogP contribution in [-0.4, -0.2) is 38.4 Å². The largest absolute Gasteiger partial charge is 0.314 e. The molecule has 0 saturated carbocycles. The van der Waals surface area contributed by atoms with Crippen LogP contribution >= 0.6 is 11.3 Å². The molecule has 1 unspecified atom stereocenters. The van der Waals surface area contributed by atoms with Gasteiger partial charge in [-0.25, -0.2) is 8.42 Å². The molecule has 1 atom stereocenters. The molecule has 0 aliphatic carbocycles. The molecule has 1 aromatic rings. The normalized spacial score (nSPS) is 22.2. The molecule has 1 fully saturated rings. The molecule has 5 nitrogen and oxygen atoms in total. The number of nitrogens with one attached hydrogen (secondary N) is 1. The smallest absolute Gasteiger partial charge is 0.252 e. The summed E-state index contributed by atoms with van der Waals surface area (Å²) in [6, 6.07) is 4.96. The van der Waals surface area contributed by atoms with Gasteiger partial charge in [0.15, 0.2) is 0 Å². The molecule has 1 aliphatic heterocycles. The highest BCUT2D eigenvalue weighted by molar-refractivity contribution is 7.91. The molecular weight excluding hydrogens is 258 g/mol. The van der Waals surface area contributed by atoms with Crippen LogP contribution < -0.4 is 5.32 Å². The number of nitrogens with zero attached hydrogens (tertiary/aromatic N) is 2. The summed E-state index contributed by atoms with van der Waals surface area (Å²) in [5.74, 6) is 0. The van der Waals surface area contributed by atoms with Crippen LogP contribution in [0.25, 0.3) is 0 Å². The molecule has 2 rings (SSSR count). The molecule has 0 amide bonds. The van der Waals surface area contributed by atoms with Crippen LogP contribution in [0, 0.1) is 11.3 Å². The second-order valence-corrected chi connectivity index (χ2v) is 7.10. The van der Waals surface area contributed by atoms with Crippen molar-refractivity contribution < 1.29 is 8.42 Å². The first-order valence-electron chi connectivity index (χ1n) is 5.28. The molecule has 1 saturated heterocycles. The molecule has 0 radical (unpaired) electrons. The van der Waals surface area contributed by atoms with Crippen molar-refractivity contribution in [3.8, 4) is 6.07 Å². The zero-order valence-corrected chi connectivity index (χ0v) is 11.0. The number of nitriles is 1. The van der Waals surface area contributed by atoms with Crippen molar-refractivity contribution in [2.75, 3.05) is 19.6 Å². The quantitative estimate of drug-likeness (QED) is 0.855. The third kappa shape index (κ3) is 2.35. The number of hydrogen-bond acceptors (Lipinski definition) is 5. The maximum absolute atomic E-state index is 12.3. The lowest BCUT2D eigenvalue weighted by Crippen LogP contribution is -2.51. The minimum atomic E-state index is -3.44. The van der Waals surface area contributed by atoms with Crippen molar-refractivity contribution in [2.45, 2.75) is 17.2 Å². The number of sulfonamides is 1. The Kier molecular flexibility index (Phi) is 3.49. The van der Waals surface area contributed by atoms with E-state index in [0.29, 0.717) is 24.5 Å². The van der Waals surface area contributed by atoms with E-state index in [1.807, 2.05) is 13.0 Å². The SMILES string of the molecule is CC1CNCCN1S(=O)(=O)c1ccc(C#N)s1. The van der Waals surface area contributed by atoms with Crippen molar-refractivity contribution in [2.24, 2.45) is 0 Å². The summed E-state index contributed by atoms with van der Waals surface area (Å²) < 4.78 is 26.4. The highest BCUT2D eigenvalue weighted by Crippen LogP contribution is 2.26. The average molecular weight is 271 g/mol. The first-order chi connectivity index (χ1) is 8.05. The standard InChI is InChI=1S/C10H13N3O2S2/c1-8-7-12-4-5-13(8)17(14,15)10-3-2-9(6-11)16-10/h2-3,8,12H,4-5,7H2,1H3. The van der Waals surface area contributed by atoms with Gasteiger partial charge in [-0.3, -0.25) is 0 Å². The minimum Gasteiger partial charge on any atom is -0.314 e. The zero-order chi connectivity index (χ0) is 12.5. The Morgan fingerprint density at radius 1 is 1.59 bits per heavy atom. The molecule has 2 heterocycles. The Labute approximate surface area is 105 Å². The summed E-state index contributed by atoms with van der Waals surface area (Å²) in [6.07, 6.45) is 0. The summed E-state index contributed by atoms with van der Waals surface area (Å²) in [5, 5.41) is 11.9. The van der Waals surface area contributed by atoms with Crippen LogP contribution in [-0.2, 0) is 10.0 Å². The van der Waals surface area contributed by atoms with E-state index in [1.54, 1.807) is 6.07 Å². The molecule has 1 aromatic heterocycles. The Morgan fingerprint density at radius 2 is 2.35 bits per heavy atom. The van der Waals surface area contributed by atoms with E-state index in [9.17, 15) is 8.42 Å². The summed E-state index contributed by atoms with van der Waals surface area (Å²) in [5.41, 5.74) is 0. The maximum Gasteiger partial charge on any atom is 0.252 e. The summed E-state index contributed by atoms with van der Waals surface area (Å²) >= 11 is 1.02. The Morgan fingerprint density at radius 3 is 2.94 bits per heavy atom. The summed E-state index contributed by atoms with van der Waals surface area (Å²) in [4.78, 5) is 0.423. The van der Waals surface area contributed by atoms with E-state index in [0.717, 1.165) is 11.3 Å². The maximum atomic E-state index is 12.3. The van der Waals surface area contributed by atoms with Gasteiger partial charge in [0, 0.05) is 25.7 Å². The number of thiophene rings is 1. The van der Waals surface area contributed by atoms with Crippen LogP contribution in [0.15, 0.2) is 16.3 Å². The van der Waals surface area contributed by atoms with Crippen LogP contribution in [0.1, 0.15) is 11.8 Å².